The molecule has 90 valence electrons. The smallest absolute Gasteiger partial charge is 0.123 e. The molecule has 0 aliphatic heterocycles. The summed E-state index contributed by atoms with van der Waals surface area (Å²) in [5.41, 5.74) is 0. The van der Waals surface area contributed by atoms with Gasteiger partial charge in [-0.05, 0) is 36.6 Å². The van der Waals surface area contributed by atoms with Gasteiger partial charge in [-0.1, -0.05) is 20.3 Å². The third kappa shape index (κ3) is 4.54. The van der Waals surface area contributed by atoms with E-state index in [-0.39, 0.29) is 11.9 Å². The number of aliphatic hydroxyl groups excluding tert-OH is 1. The largest absolute Gasteiger partial charge is 0.392 e. The van der Waals surface area contributed by atoms with Crippen molar-refractivity contribution in [3.05, 3.63) is 30.1 Å². The molecule has 1 aromatic carbocycles. The van der Waals surface area contributed by atoms with Gasteiger partial charge >= 0.3 is 0 Å². The lowest BCUT2D eigenvalue weighted by Gasteiger charge is -2.17. The van der Waals surface area contributed by atoms with Crippen LogP contribution >= 0.6 is 11.8 Å². The van der Waals surface area contributed by atoms with E-state index in [0.717, 1.165) is 17.7 Å². The van der Waals surface area contributed by atoms with Crippen molar-refractivity contribution < 1.29 is 9.50 Å². The number of hydrogen-bond acceptors (Lipinski definition) is 2. The third-order valence-electron chi connectivity index (χ3n) is 2.64. The lowest BCUT2D eigenvalue weighted by atomic mass is 10.0. The zero-order chi connectivity index (χ0) is 12.0. The summed E-state index contributed by atoms with van der Waals surface area (Å²) in [5.74, 6) is 0.787. The molecule has 0 radical (unpaired) electrons. The monoisotopic (exact) mass is 242 g/mol. The van der Waals surface area contributed by atoms with Gasteiger partial charge in [0.15, 0.2) is 0 Å². The van der Waals surface area contributed by atoms with Crippen LogP contribution < -0.4 is 0 Å². The minimum absolute atomic E-state index is 0.218. The van der Waals surface area contributed by atoms with Gasteiger partial charge in [-0.3, -0.25) is 0 Å². The number of benzene rings is 1. The highest BCUT2D eigenvalue weighted by atomic mass is 32.2. The molecule has 1 rings (SSSR count). The minimum Gasteiger partial charge on any atom is -0.392 e. The second kappa shape index (κ2) is 6.92. The minimum atomic E-state index is -0.282. The number of rotatable bonds is 6. The summed E-state index contributed by atoms with van der Waals surface area (Å²) < 4.78 is 12.7. The second-order valence-electron chi connectivity index (χ2n) is 4.10. The SMILES string of the molecule is CCCC(C)C(O)CSc1ccc(F)cc1. The van der Waals surface area contributed by atoms with Crippen molar-refractivity contribution in [2.45, 2.75) is 37.7 Å². The molecule has 0 saturated carbocycles. The molecule has 2 unspecified atom stereocenters. The normalized spacial score (nSPS) is 14.8. The summed E-state index contributed by atoms with van der Waals surface area (Å²) in [5, 5.41) is 9.87. The van der Waals surface area contributed by atoms with Gasteiger partial charge in [-0.25, -0.2) is 4.39 Å². The molecule has 0 bridgehead atoms. The van der Waals surface area contributed by atoms with E-state index in [2.05, 4.69) is 13.8 Å². The first kappa shape index (κ1) is 13.5. The Morgan fingerprint density at radius 2 is 1.94 bits per heavy atom. The number of aliphatic hydroxyl groups is 1. The molecule has 1 N–H and O–H groups in total. The van der Waals surface area contributed by atoms with Gasteiger partial charge in [0.05, 0.1) is 6.10 Å². The fraction of sp³-hybridized carbons (Fsp3) is 0.538. The summed E-state index contributed by atoms with van der Waals surface area (Å²) >= 11 is 1.57. The van der Waals surface area contributed by atoms with Crippen LogP contribution in [0.4, 0.5) is 4.39 Å². The van der Waals surface area contributed by atoms with Crippen LogP contribution in [0.25, 0.3) is 0 Å². The maximum absolute atomic E-state index is 12.7. The summed E-state index contributed by atoms with van der Waals surface area (Å²) in [6.45, 7) is 4.19. The molecule has 2 atom stereocenters. The van der Waals surface area contributed by atoms with E-state index >= 15 is 0 Å². The van der Waals surface area contributed by atoms with Gasteiger partial charge in [0.2, 0.25) is 0 Å². The topological polar surface area (TPSA) is 20.2 Å². The molecule has 1 nitrogen and oxygen atoms in total. The molecule has 0 amide bonds. The van der Waals surface area contributed by atoms with Crippen LogP contribution in [0.2, 0.25) is 0 Å². The van der Waals surface area contributed by atoms with E-state index in [0.29, 0.717) is 11.7 Å². The Hall–Kier alpha value is -0.540. The second-order valence-corrected chi connectivity index (χ2v) is 5.19. The Balaban J connectivity index is 2.36. The van der Waals surface area contributed by atoms with Gasteiger partial charge in [-0.2, -0.15) is 0 Å². The van der Waals surface area contributed by atoms with Crippen LogP contribution in [-0.4, -0.2) is 17.0 Å². The highest BCUT2D eigenvalue weighted by Gasteiger charge is 2.13. The van der Waals surface area contributed by atoms with Gasteiger partial charge in [0, 0.05) is 10.6 Å². The predicted octanol–water partition coefficient (Wildman–Crippen LogP) is 3.71. The Morgan fingerprint density at radius 1 is 1.31 bits per heavy atom. The van der Waals surface area contributed by atoms with Gasteiger partial charge in [0.25, 0.3) is 0 Å². The van der Waals surface area contributed by atoms with E-state index in [1.54, 1.807) is 23.9 Å². The lowest BCUT2D eigenvalue weighted by Crippen LogP contribution is -2.19. The number of halogens is 1. The molecule has 3 heteroatoms. The molecule has 0 aliphatic rings. The third-order valence-corrected chi connectivity index (χ3v) is 3.75. The standard InChI is InChI=1S/C13H19FOS/c1-3-4-10(2)13(15)9-16-12-7-5-11(14)6-8-12/h5-8,10,13,15H,3-4,9H2,1-2H3. The highest BCUT2D eigenvalue weighted by molar-refractivity contribution is 7.99. The first-order valence-electron chi connectivity index (χ1n) is 5.70. The van der Waals surface area contributed by atoms with E-state index < -0.39 is 0 Å². The van der Waals surface area contributed by atoms with E-state index in [1.807, 2.05) is 0 Å². The Kier molecular flexibility index (Phi) is 5.85. The molecule has 0 heterocycles. The fourth-order valence-corrected chi connectivity index (χ4v) is 2.54. The van der Waals surface area contributed by atoms with Crippen molar-refractivity contribution in [2.75, 3.05) is 5.75 Å². The Morgan fingerprint density at radius 3 is 2.50 bits per heavy atom. The van der Waals surface area contributed by atoms with Crippen LogP contribution in [0.5, 0.6) is 0 Å². The zero-order valence-electron chi connectivity index (χ0n) is 9.82. The van der Waals surface area contributed by atoms with E-state index in [4.69, 9.17) is 0 Å². The van der Waals surface area contributed by atoms with Crippen molar-refractivity contribution >= 4 is 11.8 Å². The van der Waals surface area contributed by atoms with Crippen LogP contribution in [-0.2, 0) is 0 Å². The van der Waals surface area contributed by atoms with Gasteiger partial charge < -0.3 is 5.11 Å². The molecule has 0 saturated heterocycles. The van der Waals surface area contributed by atoms with Crippen molar-refractivity contribution in [2.24, 2.45) is 5.92 Å². The highest BCUT2D eigenvalue weighted by Crippen LogP contribution is 2.22. The van der Waals surface area contributed by atoms with Crippen LogP contribution in [0.15, 0.2) is 29.2 Å². The van der Waals surface area contributed by atoms with Crippen LogP contribution in [0.3, 0.4) is 0 Å². The summed E-state index contributed by atoms with van der Waals surface area (Å²) in [7, 11) is 0. The molecule has 1 aromatic rings. The van der Waals surface area contributed by atoms with Crippen molar-refractivity contribution in [1.82, 2.24) is 0 Å². The maximum Gasteiger partial charge on any atom is 0.123 e. The summed E-state index contributed by atoms with van der Waals surface area (Å²) in [4.78, 5) is 1.00. The van der Waals surface area contributed by atoms with Crippen LogP contribution in [0.1, 0.15) is 26.7 Å². The van der Waals surface area contributed by atoms with Crippen LogP contribution in [0, 0.1) is 11.7 Å². The average molecular weight is 242 g/mol. The zero-order valence-corrected chi connectivity index (χ0v) is 10.6. The first-order chi connectivity index (χ1) is 7.63. The van der Waals surface area contributed by atoms with Gasteiger partial charge in [0.1, 0.15) is 5.82 Å². The van der Waals surface area contributed by atoms with Gasteiger partial charge in [-0.15, -0.1) is 11.8 Å². The molecule has 16 heavy (non-hydrogen) atoms. The van der Waals surface area contributed by atoms with E-state index in [1.165, 1.54) is 12.1 Å². The summed E-state index contributed by atoms with van der Waals surface area (Å²) in [6, 6.07) is 6.39. The number of hydrogen-bond donors (Lipinski definition) is 1. The lowest BCUT2D eigenvalue weighted by molar-refractivity contribution is 0.134. The average Bonchev–Trinajstić information content (AvgIpc) is 2.28. The molecular weight excluding hydrogens is 223 g/mol. The summed E-state index contributed by atoms with van der Waals surface area (Å²) in [6.07, 6.45) is 1.86. The molecule has 0 fully saturated rings. The fourth-order valence-electron chi connectivity index (χ4n) is 1.52. The Labute approximate surface area is 101 Å². The first-order valence-corrected chi connectivity index (χ1v) is 6.68. The molecular formula is C13H19FOS. The predicted molar refractivity (Wildman–Crippen MR) is 67.2 cm³/mol. The van der Waals surface area contributed by atoms with E-state index in [9.17, 15) is 9.50 Å². The molecule has 0 aromatic heterocycles. The Bertz CT molecular complexity index is 299. The molecule has 0 spiro atoms. The van der Waals surface area contributed by atoms with Crippen molar-refractivity contribution in [3.63, 3.8) is 0 Å². The molecule has 0 aliphatic carbocycles. The number of thioether (sulfide) groups is 1. The van der Waals surface area contributed by atoms with Crippen molar-refractivity contribution in [3.8, 4) is 0 Å². The maximum atomic E-state index is 12.7. The van der Waals surface area contributed by atoms with Crippen molar-refractivity contribution in [1.29, 1.82) is 0 Å². The quantitative estimate of drug-likeness (QED) is 0.767.